The van der Waals surface area contributed by atoms with Gasteiger partial charge in [0.2, 0.25) is 0 Å². The Morgan fingerprint density at radius 3 is 2.80 bits per heavy atom. The molecule has 0 aliphatic rings. The maximum atomic E-state index is 12.5. The number of carbonyl (C=O) groups is 1. The van der Waals surface area contributed by atoms with Gasteiger partial charge in [-0.3, -0.25) is 14.4 Å². The standard InChI is InChI=1S/C18H17N3O4/c1-25-10-9-21-11-12(5-6-16(21)22)17(23)20-15-4-2-3-14-13(15)7-8-19-18(14)24/h2-8,11H,9-10H2,1H3,(H,19,24)(H,20,23). The fourth-order valence-electron chi connectivity index (χ4n) is 2.55. The monoisotopic (exact) mass is 339 g/mol. The molecule has 2 heterocycles. The first-order valence-corrected chi connectivity index (χ1v) is 7.71. The van der Waals surface area contributed by atoms with Gasteiger partial charge in [-0.2, -0.15) is 0 Å². The highest BCUT2D eigenvalue weighted by Gasteiger charge is 2.11. The second-order valence-corrected chi connectivity index (χ2v) is 5.47. The molecule has 7 heteroatoms. The molecule has 128 valence electrons. The summed E-state index contributed by atoms with van der Waals surface area (Å²) in [5.41, 5.74) is 0.452. The molecule has 0 unspecified atom stereocenters. The lowest BCUT2D eigenvalue weighted by Crippen LogP contribution is -2.23. The summed E-state index contributed by atoms with van der Waals surface area (Å²) in [5.74, 6) is -0.362. The highest BCUT2D eigenvalue weighted by Crippen LogP contribution is 2.20. The molecule has 0 aliphatic heterocycles. The Hall–Kier alpha value is -3.19. The Balaban J connectivity index is 1.92. The van der Waals surface area contributed by atoms with Crippen molar-refractivity contribution in [3.63, 3.8) is 0 Å². The number of aromatic nitrogens is 2. The maximum absolute atomic E-state index is 12.5. The minimum atomic E-state index is -0.362. The van der Waals surface area contributed by atoms with Crippen LogP contribution in [0.2, 0.25) is 0 Å². The predicted molar refractivity (Wildman–Crippen MR) is 95.1 cm³/mol. The van der Waals surface area contributed by atoms with Gasteiger partial charge in [0.25, 0.3) is 17.0 Å². The lowest BCUT2D eigenvalue weighted by molar-refractivity contribution is 0.102. The van der Waals surface area contributed by atoms with Crippen LogP contribution in [-0.2, 0) is 11.3 Å². The van der Waals surface area contributed by atoms with Crippen LogP contribution >= 0.6 is 0 Å². The SMILES string of the molecule is COCCn1cc(C(=O)Nc2cccc3c(=O)[nH]ccc23)ccc1=O. The summed E-state index contributed by atoms with van der Waals surface area (Å²) >= 11 is 0. The Morgan fingerprint density at radius 1 is 1.16 bits per heavy atom. The smallest absolute Gasteiger partial charge is 0.257 e. The third kappa shape index (κ3) is 3.51. The molecule has 0 spiro atoms. The van der Waals surface area contributed by atoms with Gasteiger partial charge < -0.3 is 19.6 Å². The van der Waals surface area contributed by atoms with Crippen LogP contribution in [0.1, 0.15) is 10.4 Å². The van der Waals surface area contributed by atoms with Crippen molar-refractivity contribution in [2.24, 2.45) is 0 Å². The van der Waals surface area contributed by atoms with E-state index in [0.29, 0.717) is 35.2 Å². The van der Waals surface area contributed by atoms with Gasteiger partial charge in [0, 0.05) is 48.6 Å². The minimum absolute atomic E-state index is 0.203. The second kappa shape index (κ2) is 7.14. The molecule has 0 saturated carbocycles. The average Bonchev–Trinajstić information content (AvgIpc) is 2.62. The number of nitrogens with zero attached hydrogens (tertiary/aromatic N) is 1. The number of benzene rings is 1. The number of H-pyrrole nitrogens is 1. The number of methoxy groups -OCH3 is 1. The third-order valence-electron chi connectivity index (χ3n) is 3.85. The van der Waals surface area contributed by atoms with Crippen LogP contribution in [0, 0.1) is 0 Å². The lowest BCUT2D eigenvalue weighted by atomic mass is 10.1. The largest absolute Gasteiger partial charge is 0.383 e. The summed E-state index contributed by atoms with van der Waals surface area (Å²) in [4.78, 5) is 38.8. The van der Waals surface area contributed by atoms with Crippen molar-refractivity contribution >= 4 is 22.4 Å². The molecule has 0 radical (unpaired) electrons. The van der Waals surface area contributed by atoms with Crippen LogP contribution in [-0.4, -0.2) is 29.2 Å². The second-order valence-electron chi connectivity index (χ2n) is 5.47. The molecule has 1 aromatic carbocycles. The summed E-state index contributed by atoms with van der Waals surface area (Å²) in [7, 11) is 1.55. The van der Waals surface area contributed by atoms with Crippen molar-refractivity contribution in [1.82, 2.24) is 9.55 Å². The van der Waals surface area contributed by atoms with E-state index in [9.17, 15) is 14.4 Å². The molecule has 7 nitrogen and oxygen atoms in total. The zero-order chi connectivity index (χ0) is 17.8. The zero-order valence-electron chi connectivity index (χ0n) is 13.6. The third-order valence-corrected chi connectivity index (χ3v) is 3.85. The van der Waals surface area contributed by atoms with Gasteiger partial charge in [-0.15, -0.1) is 0 Å². The minimum Gasteiger partial charge on any atom is -0.383 e. The number of anilines is 1. The summed E-state index contributed by atoms with van der Waals surface area (Å²) in [6, 6.07) is 9.66. The summed E-state index contributed by atoms with van der Waals surface area (Å²) in [6.07, 6.45) is 3.03. The normalized spacial score (nSPS) is 10.8. The van der Waals surface area contributed by atoms with E-state index in [0.717, 1.165) is 0 Å². The van der Waals surface area contributed by atoms with Crippen molar-refractivity contribution in [1.29, 1.82) is 0 Å². The molecule has 2 N–H and O–H groups in total. The van der Waals surface area contributed by atoms with Crippen molar-refractivity contribution in [2.75, 3.05) is 19.0 Å². The number of aromatic amines is 1. The molecule has 0 bridgehead atoms. The first-order chi connectivity index (χ1) is 12.1. The molecular formula is C18H17N3O4. The fourth-order valence-corrected chi connectivity index (χ4v) is 2.55. The Labute approximate surface area is 142 Å². The predicted octanol–water partition coefficient (Wildman–Crippen LogP) is 1.59. The first-order valence-electron chi connectivity index (χ1n) is 7.71. The number of rotatable bonds is 5. The van der Waals surface area contributed by atoms with Gasteiger partial charge in [0.15, 0.2) is 0 Å². The molecule has 0 atom stereocenters. The van der Waals surface area contributed by atoms with Crippen molar-refractivity contribution < 1.29 is 9.53 Å². The van der Waals surface area contributed by atoms with Crippen LogP contribution in [0.15, 0.2) is 58.4 Å². The highest BCUT2D eigenvalue weighted by atomic mass is 16.5. The molecule has 0 saturated heterocycles. The van der Waals surface area contributed by atoms with Crippen LogP contribution in [0.4, 0.5) is 5.69 Å². The van der Waals surface area contributed by atoms with E-state index < -0.39 is 0 Å². The zero-order valence-corrected chi connectivity index (χ0v) is 13.6. The summed E-state index contributed by atoms with van der Waals surface area (Å²) < 4.78 is 6.39. The van der Waals surface area contributed by atoms with Crippen LogP contribution in [0.5, 0.6) is 0 Å². The van der Waals surface area contributed by atoms with E-state index in [-0.39, 0.29) is 17.0 Å². The van der Waals surface area contributed by atoms with Gasteiger partial charge in [-0.05, 0) is 24.3 Å². The Morgan fingerprint density at radius 2 is 2.00 bits per heavy atom. The molecule has 25 heavy (non-hydrogen) atoms. The average molecular weight is 339 g/mol. The van der Waals surface area contributed by atoms with Crippen molar-refractivity contribution in [2.45, 2.75) is 6.54 Å². The number of amides is 1. The quantitative estimate of drug-likeness (QED) is 0.738. The number of hydrogen-bond donors (Lipinski definition) is 2. The number of hydrogen-bond acceptors (Lipinski definition) is 4. The van der Waals surface area contributed by atoms with Gasteiger partial charge in [-0.1, -0.05) is 6.07 Å². The lowest BCUT2D eigenvalue weighted by Gasteiger charge is -2.10. The summed E-state index contributed by atoms with van der Waals surface area (Å²) in [5, 5.41) is 3.93. The molecular weight excluding hydrogens is 322 g/mol. The molecule has 0 aliphatic carbocycles. The van der Waals surface area contributed by atoms with E-state index in [1.165, 1.54) is 29.1 Å². The van der Waals surface area contributed by atoms with Crippen LogP contribution in [0.25, 0.3) is 10.8 Å². The molecule has 1 amide bonds. The molecule has 3 aromatic rings. The summed E-state index contributed by atoms with van der Waals surface area (Å²) in [6.45, 7) is 0.733. The molecule has 2 aromatic heterocycles. The van der Waals surface area contributed by atoms with Gasteiger partial charge in [0.1, 0.15) is 0 Å². The molecule has 3 rings (SSSR count). The van der Waals surface area contributed by atoms with Gasteiger partial charge >= 0.3 is 0 Å². The van der Waals surface area contributed by atoms with E-state index in [4.69, 9.17) is 4.74 Å². The first kappa shape index (κ1) is 16.7. The number of carbonyl (C=O) groups excluding carboxylic acids is 1. The fraction of sp³-hybridized carbons (Fsp3) is 0.167. The van der Waals surface area contributed by atoms with E-state index >= 15 is 0 Å². The maximum Gasteiger partial charge on any atom is 0.257 e. The van der Waals surface area contributed by atoms with Crippen molar-refractivity contribution in [3.8, 4) is 0 Å². The number of nitrogens with one attached hydrogen (secondary N) is 2. The Bertz CT molecular complexity index is 1040. The van der Waals surface area contributed by atoms with Crippen LogP contribution < -0.4 is 16.4 Å². The van der Waals surface area contributed by atoms with E-state index in [1.54, 1.807) is 31.4 Å². The van der Waals surface area contributed by atoms with E-state index in [1.807, 2.05) is 0 Å². The van der Waals surface area contributed by atoms with Gasteiger partial charge in [0.05, 0.1) is 12.2 Å². The van der Waals surface area contributed by atoms with Crippen molar-refractivity contribution in [3.05, 3.63) is 75.1 Å². The number of pyridine rings is 2. The van der Waals surface area contributed by atoms with E-state index in [2.05, 4.69) is 10.3 Å². The molecule has 0 fully saturated rings. The Kier molecular flexibility index (Phi) is 4.76. The highest BCUT2D eigenvalue weighted by molar-refractivity contribution is 6.08. The number of fused-ring (bicyclic) bond motifs is 1. The topological polar surface area (TPSA) is 93.2 Å². The van der Waals surface area contributed by atoms with Crippen LogP contribution in [0.3, 0.4) is 0 Å². The van der Waals surface area contributed by atoms with Gasteiger partial charge in [-0.25, -0.2) is 0 Å². The number of ether oxygens (including phenoxy) is 1.